The van der Waals surface area contributed by atoms with E-state index in [-0.39, 0.29) is 18.5 Å². The Morgan fingerprint density at radius 2 is 2.19 bits per heavy atom. The molecule has 0 aliphatic carbocycles. The number of anilines is 1. The maximum Gasteiger partial charge on any atom is 0.317 e. The Bertz CT molecular complexity index is 649. The molecule has 1 amide bonds. The van der Waals surface area contributed by atoms with Crippen LogP contribution in [0.25, 0.3) is 0 Å². The number of ether oxygens (including phenoxy) is 2. The lowest BCUT2D eigenvalue weighted by molar-refractivity contribution is -0.118. The molecule has 0 radical (unpaired) electrons. The number of nitrogens with zero attached hydrogens (tertiary/aromatic N) is 2. The molecule has 0 aliphatic heterocycles. The fourth-order valence-electron chi connectivity index (χ4n) is 1.57. The first kappa shape index (κ1) is 15.1. The third kappa shape index (κ3) is 4.32. The Labute approximate surface area is 127 Å². The topological polar surface area (TPSA) is 73.3 Å². The van der Waals surface area contributed by atoms with Gasteiger partial charge in [-0.05, 0) is 31.2 Å². The number of rotatable bonds is 5. The van der Waals surface area contributed by atoms with Crippen LogP contribution >= 0.6 is 11.6 Å². The van der Waals surface area contributed by atoms with Crippen molar-refractivity contribution in [1.29, 1.82) is 0 Å². The van der Waals surface area contributed by atoms with Crippen molar-refractivity contribution in [3.8, 4) is 11.8 Å². The first-order valence-corrected chi connectivity index (χ1v) is 6.52. The summed E-state index contributed by atoms with van der Waals surface area (Å²) < 4.78 is 10.2. The van der Waals surface area contributed by atoms with Crippen molar-refractivity contribution in [2.75, 3.05) is 19.0 Å². The Balaban J connectivity index is 1.91. The van der Waals surface area contributed by atoms with E-state index in [1.54, 1.807) is 30.5 Å². The Morgan fingerprint density at radius 1 is 1.38 bits per heavy atom. The summed E-state index contributed by atoms with van der Waals surface area (Å²) in [6.07, 6.45) is 1.57. The summed E-state index contributed by atoms with van der Waals surface area (Å²) in [5.74, 6) is 0.209. The van der Waals surface area contributed by atoms with Crippen molar-refractivity contribution in [2.45, 2.75) is 6.92 Å². The lowest BCUT2D eigenvalue weighted by atomic mass is 10.3. The van der Waals surface area contributed by atoms with E-state index in [4.69, 9.17) is 21.1 Å². The van der Waals surface area contributed by atoms with Crippen molar-refractivity contribution in [3.63, 3.8) is 0 Å². The average molecular weight is 308 g/mol. The SMILES string of the molecule is COc1ccc(NC(=O)COc2nccc(C)n2)cc1Cl. The van der Waals surface area contributed by atoms with Gasteiger partial charge in [-0.3, -0.25) is 4.79 Å². The summed E-state index contributed by atoms with van der Waals surface area (Å²) in [7, 11) is 1.52. The van der Waals surface area contributed by atoms with Crippen LogP contribution in [-0.2, 0) is 4.79 Å². The van der Waals surface area contributed by atoms with Gasteiger partial charge in [0.05, 0.1) is 12.1 Å². The highest BCUT2D eigenvalue weighted by Crippen LogP contribution is 2.27. The van der Waals surface area contributed by atoms with Crippen LogP contribution in [0.15, 0.2) is 30.5 Å². The number of methoxy groups -OCH3 is 1. The molecule has 0 spiro atoms. The number of carbonyl (C=O) groups is 1. The van der Waals surface area contributed by atoms with E-state index in [1.807, 2.05) is 6.92 Å². The maximum absolute atomic E-state index is 11.8. The van der Waals surface area contributed by atoms with Crippen molar-refractivity contribution in [3.05, 3.63) is 41.2 Å². The van der Waals surface area contributed by atoms with Gasteiger partial charge in [0.25, 0.3) is 5.91 Å². The van der Waals surface area contributed by atoms with Gasteiger partial charge in [0.2, 0.25) is 0 Å². The zero-order valence-corrected chi connectivity index (χ0v) is 12.3. The van der Waals surface area contributed by atoms with Crippen LogP contribution in [-0.4, -0.2) is 29.6 Å². The molecule has 0 fully saturated rings. The number of hydrogen-bond acceptors (Lipinski definition) is 5. The predicted molar refractivity (Wildman–Crippen MR) is 78.9 cm³/mol. The Kier molecular flexibility index (Phi) is 4.94. The molecule has 0 unspecified atom stereocenters. The third-order valence-corrected chi connectivity index (χ3v) is 2.84. The van der Waals surface area contributed by atoms with E-state index in [0.29, 0.717) is 16.5 Å². The number of carbonyl (C=O) groups excluding carboxylic acids is 1. The number of halogens is 1. The molecule has 0 bridgehead atoms. The van der Waals surface area contributed by atoms with E-state index in [1.165, 1.54) is 7.11 Å². The highest BCUT2D eigenvalue weighted by atomic mass is 35.5. The molecule has 1 aromatic carbocycles. The van der Waals surface area contributed by atoms with E-state index < -0.39 is 0 Å². The molecule has 2 aromatic rings. The standard InChI is InChI=1S/C14H14ClN3O3/c1-9-5-6-16-14(17-9)21-8-13(19)18-10-3-4-12(20-2)11(15)7-10/h3-7H,8H2,1-2H3,(H,18,19). The molecule has 7 heteroatoms. The average Bonchev–Trinajstić information content (AvgIpc) is 2.45. The van der Waals surface area contributed by atoms with Crippen LogP contribution in [0.3, 0.4) is 0 Å². The van der Waals surface area contributed by atoms with Gasteiger partial charge >= 0.3 is 6.01 Å². The van der Waals surface area contributed by atoms with Gasteiger partial charge in [-0.2, -0.15) is 0 Å². The minimum Gasteiger partial charge on any atom is -0.495 e. The van der Waals surface area contributed by atoms with Gasteiger partial charge in [0, 0.05) is 17.6 Å². The molecule has 6 nitrogen and oxygen atoms in total. The van der Waals surface area contributed by atoms with Crippen LogP contribution in [0.4, 0.5) is 5.69 Å². The van der Waals surface area contributed by atoms with Crippen molar-refractivity contribution in [2.24, 2.45) is 0 Å². The molecule has 0 atom stereocenters. The summed E-state index contributed by atoms with van der Waals surface area (Å²) in [5.41, 5.74) is 1.32. The van der Waals surface area contributed by atoms with Gasteiger partial charge in [-0.15, -0.1) is 0 Å². The van der Waals surface area contributed by atoms with Gasteiger partial charge in [-0.25, -0.2) is 9.97 Å². The second-order valence-electron chi connectivity index (χ2n) is 4.17. The molecule has 0 saturated carbocycles. The minimum atomic E-state index is -0.332. The summed E-state index contributed by atoms with van der Waals surface area (Å²) >= 11 is 5.98. The van der Waals surface area contributed by atoms with Crippen LogP contribution in [0, 0.1) is 6.92 Å². The highest BCUT2D eigenvalue weighted by Gasteiger charge is 2.07. The molecule has 0 aliphatic rings. The lowest BCUT2D eigenvalue weighted by Gasteiger charge is -2.08. The highest BCUT2D eigenvalue weighted by molar-refractivity contribution is 6.32. The molecule has 2 rings (SSSR count). The maximum atomic E-state index is 11.8. The third-order valence-electron chi connectivity index (χ3n) is 2.54. The van der Waals surface area contributed by atoms with Crippen LogP contribution < -0.4 is 14.8 Å². The smallest absolute Gasteiger partial charge is 0.317 e. The second-order valence-corrected chi connectivity index (χ2v) is 4.57. The van der Waals surface area contributed by atoms with Gasteiger partial charge in [0.1, 0.15) is 5.75 Å². The largest absolute Gasteiger partial charge is 0.495 e. The van der Waals surface area contributed by atoms with Crippen molar-refractivity contribution < 1.29 is 14.3 Å². The fraction of sp³-hybridized carbons (Fsp3) is 0.214. The number of hydrogen-bond donors (Lipinski definition) is 1. The lowest BCUT2D eigenvalue weighted by Crippen LogP contribution is -2.20. The Hall–Kier alpha value is -2.34. The monoisotopic (exact) mass is 307 g/mol. The quantitative estimate of drug-likeness (QED) is 0.918. The van der Waals surface area contributed by atoms with Crippen molar-refractivity contribution in [1.82, 2.24) is 9.97 Å². The van der Waals surface area contributed by atoms with Crippen LogP contribution in [0.5, 0.6) is 11.8 Å². The molecule has 110 valence electrons. The molecular formula is C14H14ClN3O3. The number of aryl methyl sites for hydroxylation is 1. The summed E-state index contributed by atoms with van der Waals surface area (Å²) in [6.45, 7) is 1.63. The number of nitrogens with one attached hydrogen (secondary N) is 1. The van der Waals surface area contributed by atoms with E-state index in [0.717, 1.165) is 5.69 Å². The first-order chi connectivity index (χ1) is 10.1. The molecule has 21 heavy (non-hydrogen) atoms. The number of benzene rings is 1. The van der Waals surface area contributed by atoms with Crippen LogP contribution in [0.1, 0.15) is 5.69 Å². The van der Waals surface area contributed by atoms with Gasteiger partial charge < -0.3 is 14.8 Å². The molecule has 1 aromatic heterocycles. The minimum absolute atomic E-state index is 0.165. The second kappa shape index (κ2) is 6.90. The first-order valence-electron chi connectivity index (χ1n) is 6.14. The number of amides is 1. The zero-order valence-electron chi connectivity index (χ0n) is 11.6. The van der Waals surface area contributed by atoms with E-state index >= 15 is 0 Å². The molecular weight excluding hydrogens is 294 g/mol. The Morgan fingerprint density at radius 3 is 2.86 bits per heavy atom. The van der Waals surface area contributed by atoms with Gasteiger partial charge in [0.15, 0.2) is 6.61 Å². The molecule has 0 saturated heterocycles. The normalized spacial score (nSPS) is 10.0. The summed E-state index contributed by atoms with van der Waals surface area (Å²) in [5, 5.41) is 3.07. The summed E-state index contributed by atoms with van der Waals surface area (Å²) in [4.78, 5) is 19.7. The van der Waals surface area contributed by atoms with Crippen LogP contribution in [0.2, 0.25) is 5.02 Å². The van der Waals surface area contributed by atoms with E-state index in [2.05, 4.69) is 15.3 Å². The fourth-order valence-corrected chi connectivity index (χ4v) is 1.82. The zero-order chi connectivity index (χ0) is 15.2. The molecule has 1 N–H and O–H groups in total. The molecule has 1 heterocycles. The number of aromatic nitrogens is 2. The summed E-state index contributed by atoms with van der Waals surface area (Å²) in [6, 6.07) is 6.86. The van der Waals surface area contributed by atoms with Gasteiger partial charge in [-0.1, -0.05) is 11.6 Å². The van der Waals surface area contributed by atoms with E-state index in [9.17, 15) is 4.79 Å². The van der Waals surface area contributed by atoms with Crippen molar-refractivity contribution >= 4 is 23.2 Å². The predicted octanol–water partition coefficient (Wildman–Crippen LogP) is 2.46.